The Bertz CT molecular complexity index is 634. The number of ether oxygens (including phenoxy) is 2. The summed E-state index contributed by atoms with van der Waals surface area (Å²) in [5, 5.41) is 9.84. The van der Waals surface area contributed by atoms with Gasteiger partial charge < -0.3 is 14.6 Å². The molecule has 3 nitrogen and oxygen atoms in total. The van der Waals surface area contributed by atoms with Crippen molar-refractivity contribution in [3.63, 3.8) is 0 Å². The SMILES string of the molecule is Cc1ccc(C(C)O)c(OCC2COc3ccccc32)c1. The molecule has 21 heavy (non-hydrogen) atoms. The number of fused-ring (bicyclic) bond motifs is 1. The van der Waals surface area contributed by atoms with Gasteiger partial charge >= 0.3 is 0 Å². The second kappa shape index (κ2) is 5.78. The van der Waals surface area contributed by atoms with Crippen LogP contribution in [0.4, 0.5) is 0 Å². The summed E-state index contributed by atoms with van der Waals surface area (Å²) in [6.45, 7) is 4.98. The zero-order chi connectivity index (χ0) is 14.8. The lowest BCUT2D eigenvalue weighted by molar-refractivity contribution is 0.187. The molecule has 0 radical (unpaired) electrons. The molecule has 1 heterocycles. The highest BCUT2D eigenvalue weighted by molar-refractivity contribution is 5.41. The molecule has 1 aliphatic rings. The van der Waals surface area contributed by atoms with Crippen LogP contribution >= 0.6 is 0 Å². The molecule has 0 amide bonds. The van der Waals surface area contributed by atoms with Gasteiger partial charge in [0.25, 0.3) is 0 Å². The van der Waals surface area contributed by atoms with Crippen molar-refractivity contribution in [2.75, 3.05) is 13.2 Å². The third kappa shape index (κ3) is 2.88. The molecule has 1 aliphatic heterocycles. The van der Waals surface area contributed by atoms with Gasteiger partial charge in [-0.15, -0.1) is 0 Å². The summed E-state index contributed by atoms with van der Waals surface area (Å²) in [5.41, 5.74) is 3.15. The molecule has 0 aliphatic carbocycles. The molecular formula is C18H20O3. The molecule has 110 valence electrons. The topological polar surface area (TPSA) is 38.7 Å². The summed E-state index contributed by atoms with van der Waals surface area (Å²) >= 11 is 0. The Morgan fingerprint density at radius 1 is 1.29 bits per heavy atom. The minimum absolute atomic E-state index is 0.239. The van der Waals surface area contributed by atoms with Crippen molar-refractivity contribution in [2.45, 2.75) is 25.9 Å². The number of para-hydroxylation sites is 1. The Labute approximate surface area is 125 Å². The monoisotopic (exact) mass is 284 g/mol. The molecule has 2 unspecified atom stereocenters. The van der Waals surface area contributed by atoms with Gasteiger partial charge in [0.15, 0.2) is 0 Å². The van der Waals surface area contributed by atoms with Crippen LogP contribution in [0.3, 0.4) is 0 Å². The van der Waals surface area contributed by atoms with E-state index in [-0.39, 0.29) is 5.92 Å². The van der Waals surface area contributed by atoms with Gasteiger partial charge in [-0.25, -0.2) is 0 Å². The van der Waals surface area contributed by atoms with E-state index in [2.05, 4.69) is 6.07 Å². The first-order valence-electron chi connectivity index (χ1n) is 7.28. The minimum Gasteiger partial charge on any atom is -0.493 e. The molecule has 0 aromatic heterocycles. The highest BCUT2D eigenvalue weighted by atomic mass is 16.5. The van der Waals surface area contributed by atoms with Crippen molar-refractivity contribution in [3.05, 3.63) is 59.2 Å². The number of aryl methyl sites for hydroxylation is 1. The minimum atomic E-state index is -0.535. The first kappa shape index (κ1) is 14.0. The molecule has 0 spiro atoms. The van der Waals surface area contributed by atoms with Crippen LogP contribution in [0.15, 0.2) is 42.5 Å². The molecule has 1 N–H and O–H groups in total. The van der Waals surface area contributed by atoms with E-state index in [0.717, 1.165) is 22.6 Å². The lowest BCUT2D eigenvalue weighted by atomic mass is 10.0. The van der Waals surface area contributed by atoms with Gasteiger partial charge in [0.05, 0.1) is 25.2 Å². The summed E-state index contributed by atoms with van der Waals surface area (Å²) in [5.74, 6) is 1.95. The van der Waals surface area contributed by atoms with Crippen molar-refractivity contribution in [1.82, 2.24) is 0 Å². The average Bonchev–Trinajstić information content (AvgIpc) is 2.88. The normalized spacial score (nSPS) is 18.0. The molecule has 2 atom stereocenters. The smallest absolute Gasteiger partial charge is 0.125 e. The second-order valence-electron chi connectivity index (χ2n) is 5.57. The molecule has 0 saturated carbocycles. The third-order valence-corrected chi connectivity index (χ3v) is 3.86. The highest BCUT2D eigenvalue weighted by Crippen LogP contribution is 2.34. The largest absolute Gasteiger partial charge is 0.493 e. The number of benzene rings is 2. The Hall–Kier alpha value is -2.00. The molecule has 0 bridgehead atoms. The summed E-state index contributed by atoms with van der Waals surface area (Å²) in [4.78, 5) is 0. The molecular weight excluding hydrogens is 264 g/mol. The first-order valence-corrected chi connectivity index (χ1v) is 7.28. The van der Waals surface area contributed by atoms with Crippen molar-refractivity contribution >= 4 is 0 Å². The van der Waals surface area contributed by atoms with Gasteiger partial charge in [-0.1, -0.05) is 30.3 Å². The molecule has 0 saturated heterocycles. The Morgan fingerprint density at radius 2 is 2.10 bits per heavy atom. The number of aliphatic hydroxyl groups excluding tert-OH is 1. The van der Waals surface area contributed by atoms with E-state index in [0.29, 0.717) is 13.2 Å². The van der Waals surface area contributed by atoms with Crippen molar-refractivity contribution in [1.29, 1.82) is 0 Å². The van der Waals surface area contributed by atoms with E-state index in [4.69, 9.17) is 9.47 Å². The summed E-state index contributed by atoms with van der Waals surface area (Å²) < 4.78 is 11.7. The molecule has 2 aromatic rings. The van der Waals surface area contributed by atoms with Gasteiger partial charge in [-0.3, -0.25) is 0 Å². The van der Waals surface area contributed by atoms with E-state index in [1.807, 2.05) is 43.3 Å². The number of aliphatic hydroxyl groups is 1. The van der Waals surface area contributed by atoms with E-state index < -0.39 is 6.10 Å². The maximum atomic E-state index is 9.84. The third-order valence-electron chi connectivity index (χ3n) is 3.86. The van der Waals surface area contributed by atoms with Crippen LogP contribution in [0.25, 0.3) is 0 Å². The van der Waals surface area contributed by atoms with E-state index >= 15 is 0 Å². The van der Waals surface area contributed by atoms with Gasteiger partial charge in [0, 0.05) is 11.1 Å². The molecule has 2 aromatic carbocycles. The van der Waals surface area contributed by atoms with E-state index in [1.165, 1.54) is 5.56 Å². The predicted molar refractivity (Wildman–Crippen MR) is 82.0 cm³/mol. The van der Waals surface area contributed by atoms with Crippen molar-refractivity contribution in [2.24, 2.45) is 0 Å². The standard InChI is InChI=1S/C18H20O3/c1-12-7-8-15(13(2)19)18(9-12)21-11-14-10-20-17-6-4-3-5-16(14)17/h3-9,13-14,19H,10-11H2,1-2H3. The molecule has 3 heteroatoms. The quantitative estimate of drug-likeness (QED) is 0.932. The zero-order valence-corrected chi connectivity index (χ0v) is 12.4. The number of hydrogen-bond donors (Lipinski definition) is 1. The Morgan fingerprint density at radius 3 is 2.90 bits per heavy atom. The molecule has 3 rings (SSSR count). The number of hydrogen-bond acceptors (Lipinski definition) is 3. The summed E-state index contributed by atoms with van der Waals surface area (Å²) in [6, 6.07) is 14.0. The Kier molecular flexibility index (Phi) is 3.84. The van der Waals surface area contributed by atoms with Crippen LogP contribution < -0.4 is 9.47 Å². The van der Waals surface area contributed by atoms with Crippen LogP contribution in [0.2, 0.25) is 0 Å². The van der Waals surface area contributed by atoms with Crippen LogP contribution in [0.5, 0.6) is 11.5 Å². The number of rotatable bonds is 4. The van der Waals surface area contributed by atoms with Crippen LogP contribution in [-0.4, -0.2) is 18.3 Å². The van der Waals surface area contributed by atoms with Crippen LogP contribution in [-0.2, 0) is 0 Å². The van der Waals surface area contributed by atoms with Crippen molar-refractivity contribution in [3.8, 4) is 11.5 Å². The Balaban J connectivity index is 1.76. The van der Waals surface area contributed by atoms with Gasteiger partial charge in [-0.2, -0.15) is 0 Å². The highest BCUT2D eigenvalue weighted by Gasteiger charge is 2.24. The van der Waals surface area contributed by atoms with Crippen molar-refractivity contribution < 1.29 is 14.6 Å². The lowest BCUT2D eigenvalue weighted by Gasteiger charge is -2.16. The second-order valence-corrected chi connectivity index (χ2v) is 5.57. The summed E-state index contributed by atoms with van der Waals surface area (Å²) in [6.07, 6.45) is -0.535. The zero-order valence-electron chi connectivity index (χ0n) is 12.4. The molecule has 0 fully saturated rings. The van der Waals surface area contributed by atoms with Gasteiger partial charge in [-0.05, 0) is 31.5 Å². The fourth-order valence-electron chi connectivity index (χ4n) is 2.67. The van der Waals surface area contributed by atoms with Crippen LogP contribution in [0.1, 0.15) is 35.6 Å². The van der Waals surface area contributed by atoms with E-state index in [9.17, 15) is 5.11 Å². The van der Waals surface area contributed by atoms with Crippen LogP contribution in [0, 0.1) is 6.92 Å². The van der Waals surface area contributed by atoms with Gasteiger partial charge in [0.2, 0.25) is 0 Å². The first-order chi connectivity index (χ1) is 10.1. The fraction of sp³-hybridized carbons (Fsp3) is 0.333. The fourth-order valence-corrected chi connectivity index (χ4v) is 2.67. The predicted octanol–water partition coefficient (Wildman–Crippen LogP) is 3.60. The van der Waals surface area contributed by atoms with Gasteiger partial charge in [0.1, 0.15) is 11.5 Å². The van der Waals surface area contributed by atoms with E-state index in [1.54, 1.807) is 6.92 Å². The average molecular weight is 284 g/mol. The maximum absolute atomic E-state index is 9.84. The maximum Gasteiger partial charge on any atom is 0.125 e. The lowest BCUT2D eigenvalue weighted by Crippen LogP contribution is -2.13. The summed E-state index contributed by atoms with van der Waals surface area (Å²) in [7, 11) is 0.